The van der Waals surface area contributed by atoms with Crippen LogP contribution in [0.5, 0.6) is 0 Å². The number of sulfone groups is 1. The second kappa shape index (κ2) is 6.70. The molecule has 126 valence electrons. The molecular weight excluding hydrogens is 318 g/mol. The third-order valence-electron chi connectivity index (χ3n) is 4.28. The maximum atomic E-state index is 12.5. The smallest absolute Gasteiger partial charge is 0.308 e. The third kappa shape index (κ3) is 3.90. The Hall–Kier alpha value is -1.89. The molecule has 0 bridgehead atoms. The van der Waals surface area contributed by atoms with Gasteiger partial charge >= 0.3 is 5.97 Å². The van der Waals surface area contributed by atoms with Crippen LogP contribution in [0.4, 0.5) is 0 Å². The zero-order chi connectivity index (χ0) is 17.2. The molecule has 1 aliphatic rings. The van der Waals surface area contributed by atoms with Crippen molar-refractivity contribution in [3.05, 3.63) is 29.3 Å². The Bertz CT molecular complexity index is 726. The summed E-state index contributed by atoms with van der Waals surface area (Å²) in [5.74, 6) is -1.90. The lowest BCUT2D eigenvalue weighted by molar-refractivity contribution is -0.142. The predicted octanol–water partition coefficient (Wildman–Crippen LogP) is 1.64. The zero-order valence-electron chi connectivity index (χ0n) is 13.2. The first-order valence-corrected chi connectivity index (χ1v) is 9.49. The van der Waals surface area contributed by atoms with Crippen molar-refractivity contribution >= 4 is 21.7 Å². The van der Waals surface area contributed by atoms with E-state index in [2.05, 4.69) is 5.32 Å². The van der Waals surface area contributed by atoms with E-state index < -0.39 is 33.7 Å². The second-order valence-electron chi connectivity index (χ2n) is 5.90. The lowest BCUT2D eigenvalue weighted by Gasteiger charge is -2.19. The largest absolute Gasteiger partial charge is 0.481 e. The second-order valence-corrected chi connectivity index (χ2v) is 7.92. The highest BCUT2D eigenvalue weighted by Gasteiger charge is 2.34. The van der Waals surface area contributed by atoms with Gasteiger partial charge in [-0.3, -0.25) is 9.59 Å². The molecule has 2 atom stereocenters. The van der Waals surface area contributed by atoms with Gasteiger partial charge in [0.25, 0.3) is 5.91 Å². The summed E-state index contributed by atoms with van der Waals surface area (Å²) in [4.78, 5) is 23.8. The summed E-state index contributed by atoms with van der Waals surface area (Å²) in [6.07, 6.45) is 3.60. The average molecular weight is 339 g/mol. The Morgan fingerprint density at radius 3 is 2.57 bits per heavy atom. The SMILES string of the molecule is CCc1ccc(S(C)(=O)=O)cc1C(=O)N[C@@H]1CCC[C@@H]1C(=O)O. The number of hydrogen-bond acceptors (Lipinski definition) is 4. The molecule has 1 saturated carbocycles. The fourth-order valence-corrected chi connectivity index (χ4v) is 3.63. The van der Waals surface area contributed by atoms with Gasteiger partial charge in [0, 0.05) is 17.9 Å². The Balaban J connectivity index is 2.29. The van der Waals surface area contributed by atoms with E-state index in [-0.39, 0.29) is 4.90 Å². The van der Waals surface area contributed by atoms with Crippen LogP contribution in [0.15, 0.2) is 23.1 Å². The van der Waals surface area contributed by atoms with Crippen LogP contribution in [0.25, 0.3) is 0 Å². The maximum absolute atomic E-state index is 12.5. The number of rotatable bonds is 5. The van der Waals surface area contributed by atoms with Crippen molar-refractivity contribution in [2.45, 2.75) is 43.5 Å². The van der Waals surface area contributed by atoms with Crippen LogP contribution >= 0.6 is 0 Å². The monoisotopic (exact) mass is 339 g/mol. The van der Waals surface area contributed by atoms with E-state index in [1.54, 1.807) is 6.07 Å². The Morgan fingerprint density at radius 1 is 1.30 bits per heavy atom. The molecule has 0 heterocycles. The number of aliphatic carboxylic acids is 1. The summed E-state index contributed by atoms with van der Waals surface area (Å²) in [6.45, 7) is 1.88. The number of aryl methyl sites for hydroxylation is 1. The number of nitrogens with one attached hydrogen (secondary N) is 1. The molecule has 1 aromatic rings. The number of amides is 1. The van der Waals surface area contributed by atoms with Gasteiger partial charge in [0.05, 0.1) is 10.8 Å². The van der Waals surface area contributed by atoms with E-state index in [4.69, 9.17) is 0 Å². The van der Waals surface area contributed by atoms with Crippen molar-refractivity contribution in [3.8, 4) is 0 Å². The van der Waals surface area contributed by atoms with E-state index in [0.717, 1.165) is 18.2 Å². The van der Waals surface area contributed by atoms with Gasteiger partial charge in [-0.1, -0.05) is 19.4 Å². The van der Waals surface area contributed by atoms with Gasteiger partial charge in [-0.25, -0.2) is 8.42 Å². The van der Waals surface area contributed by atoms with Gasteiger partial charge in [-0.2, -0.15) is 0 Å². The average Bonchev–Trinajstić information content (AvgIpc) is 2.93. The highest BCUT2D eigenvalue weighted by atomic mass is 32.2. The van der Waals surface area contributed by atoms with E-state index in [1.807, 2.05) is 6.92 Å². The first kappa shape index (κ1) is 17.5. The van der Waals surface area contributed by atoms with Gasteiger partial charge in [-0.15, -0.1) is 0 Å². The maximum Gasteiger partial charge on any atom is 0.308 e. The summed E-state index contributed by atoms with van der Waals surface area (Å²) < 4.78 is 23.4. The molecule has 0 radical (unpaired) electrons. The van der Waals surface area contributed by atoms with Gasteiger partial charge in [0.1, 0.15) is 0 Å². The van der Waals surface area contributed by atoms with Crippen molar-refractivity contribution in [3.63, 3.8) is 0 Å². The van der Waals surface area contributed by atoms with E-state index >= 15 is 0 Å². The van der Waals surface area contributed by atoms with Crippen molar-refractivity contribution in [2.75, 3.05) is 6.26 Å². The number of carbonyl (C=O) groups excluding carboxylic acids is 1. The zero-order valence-corrected chi connectivity index (χ0v) is 14.0. The molecule has 0 aromatic heterocycles. The van der Waals surface area contributed by atoms with Crippen LogP contribution in [0.2, 0.25) is 0 Å². The Labute approximate surface area is 135 Å². The molecule has 6 nitrogen and oxygen atoms in total. The minimum Gasteiger partial charge on any atom is -0.481 e. The van der Waals surface area contributed by atoms with Crippen LogP contribution in [-0.4, -0.2) is 37.7 Å². The van der Waals surface area contributed by atoms with Crippen LogP contribution in [-0.2, 0) is 21.1 Å². The van der Waals surface area contributed by atoms with Gasteiger partial charge < -0.3 is 10.4 Å². The van der Waals surface area contributed by atoms with E-state index in [9.17, 15) is 23.1 Å². The summed E-state index contributed by atoms with van der Waals surface area (Å²) >= 11 is 0. The first-order valence-electron chi connectivity index (χ1n) is 7.60. The highest BCUT2D eigenvalue weighted by Crippen LogP contribution is 2.26. The van der Waals surface area contributed by atoms with Crippen molar-refractivity contribution in [2.24, 2.45) is 5.92 Å². The molecule has 7 heteroatoms. The van der Waals surface area contributed by atoms with E-state index in [0.29, 0.717) is 24.8 Å². The molecule has 1 fully saturated rings. The fourth-order valence-electron chi connectivity index (χ4n) is 2.98. The number of benzene rings is 1. The quantitative estimate of drug-likeness (QED) is 0.849. The fraction of sp³-hybridized carbons (Fsp3) is 0.500. The predicted molar refractivity (Wildman–Crippen MR) is 85.2 cm³/mol. The molecule has 1 aliphatic carbocycles. The normalized spacial score (nSPS) is 21.1. The van der Waals surface area contributed by atoms with Crippen molar-refractivity contribution in [1.82, 2.24) is 5.32 Å². The molecule has 1 amide bonds. The molecule has 0 saturated heterocycles. The van der Waals surface area contributed by atoms with Gasteiger partial charge in [-0.05, 0) is 37.0 Å². The third-order valence-corrected chi connectivity index (χ3v) is 5.39. The molecule has 2 rings (SSSR count). The summed E-state index contributed by atoms with van der Waals surface area (Å²) in [5.41, 5.74) is 1.03. The summed E-state index contributed by atoms with van der Waals surface area (Å²) in [5, 5.41) is 12.0. The van der Waals surface area contributed by atoms with Crippen molar-refractivity contribution in [1.29, 1.82) is 0 Å². The first-order chi connectivity index (χ1) is 10.7. The molecular formula is C16H21NO5S. The van der Waals surface area contributed by atoms with Gasteiger partial charge in [0.15, 0.2) is 9.84 Å². The number of carboxylic acid groups (broad SMARTS) is 1. The molecule has 1 aromatic carbocycles. The number of hydrogen-bond donors (Lipinski definition) is 2. The lowest BCUT2D eigenvalue weighted by atomic mass is 10.0. The van der Waals surface area contributed by atoms with Crippen LogP contribution in [0.3, 0.4) is 0 Å². The highest BCUT2D eigenvalue weighted by molar-refractivity contribution is 7.90. The molecule has 0 unspecified atom stereocenters. The summed E-state index contributed by atoms with van der Waals surface area (Å²) in [7, 11) is -3.41. The Kier molecular flexibility index (Phi) is 5.09. The number of carboxylic acids is 1. The molecule has 0 spiro atoms. The number of carbonyl (C=O) groups is 2. The lowest BCUT2D eigenvalue weighted by Crippen LogP contribution is -2.40. The van der Waals surface area contributed by atoms with E-state index in [1.165, 1.54) is 12.1 Å². The summed E-state index contributed by atoms with van der Waals surface area (Å²) in [6, 6.07) is 4.08. The standard InChI is InChI=1S/C16H21NO5S/c1-3-10-7-8-11(23(2,21)22)9-13(10)15(18)17-14-6-4-5-12(14)16(19)20/h7-9,12,14H,3-6H2,1-2H3,(H,17,18)(H,19,20)/t12-,14+/m0/s1. The van der Waals surface area contributed by atoms with Gasteiger partial charge in [0.2, 0.25) is 0 Å². The molecule has 0 aliphatic heterocycles. The van der Waals surface area contributed by atoms with Crippen LogP contribution in [0.1, 0.15) is 42.1 Å². The minimum absolute atomic E-state index is 0.0843. The van der Waals surface area contributed by atoms with Crippen LogP contribution < -0.4 is 5.32 Å². The molecule has 2 N–H and O–H groups in total. The minimum atomic E-state index is -3.41. The topological polar surface area (TPSA) is 101 Å². The molecule has 23 heavy (non-hydrogen) atoms. The van der Waals surface area contributed by atoms with Crippen LogP contribution in [0, 0.1) is 5.92 Å². The van der Waals surface area contributed by atoms with Crippen molar-refractivity contribution < 1.29 is 23.1 Å². The Morgan fingerprint density at radius 2 is 2.00 bits per heavy atom.